The molecule has 0 heterocycles. The zero-order chi connectivity index (χ0) is 9.68. The fourth-order valence-electron chi connectivity index (χ4n) is 0.970. The molecule has 0 aliphatic carbocycles. The summed E-state index contributed by atoms with van der Waals surface area (Å²) in [6.07, 6.45) is 0. The van der Waals surface area contributed by atoms with E-state index in [2.05, 4.69) is 5.28 Å². The van der Waals surface area contributed by atoms with E-state index < -0.39 is 0 Å². The van der Waals surface area contributed by atoms with E-state index in [-0.39, 0.29) is 4.97 Å². The number of benzene rings is 1. The number of nitrogens with zero attached hydrogens (tertiary/aromatic N) is 3. The molecule has 0 radical (unpaired) electrons. The van der Waals surface area contributed by atoms with E-state index in [1.165, 1.54) is 12.1 Å². The second-order valence-electron chi connectivity index (χ2n) is 2.64. The third-order valence-corrected chi connectivity index (χ3v) is 1.62. The van der Waals surface area contributed by atoms with Gasteiger partial charge in [0.15, 0.2) is 0 Å². The SMILES string of the molecule is CN(Cc1ccccc1)/[N+]([O-])=N/[O-]. The molecule has 1 rings (SSSR count). The van der Waals surface area contributed by atoms with E-state index in [9.17, 15) is 10.4 Å². The summed E-state index contributed by atoms with van der Waals surface area (Å²) in [5.74, 6) is 0. The molecule has 13 heavy (non-hydrogen) atoms. The van der Waals surface area contributed by atoms with Gasteiger partial charge in [-0.2, -0.15) is 0 Å². The van der Waals surface area contributed by atoms with Crippen LogP contribution in [-0.2, 0) is 6.54 Å². The highest BCUT2D eigenvalue weighted by molar-refractivity contribution is 5.13. The summed E-state index contributed by atoms with van der Waals surface area (Å²) in [7, 11) is 1.50. The summed E-state index contributed by atoms with van der Waals surface area (Å²) in [5, 5.41) is 24.0. The molecule has 0 aliphatic rings. The quantitative estimate of drug-likeness (QED) is 0.402. The van der Waals surface area contributed by atoms with Crippen LogP contribution in [0.1, 0.15) is 5.56 Å². The first-order valence-electron chi connectivity index (χ1n) is 3.79. The summed E-state index contributed by atoms with van der Waals surface area (Å²) in [5.41, 5.74) is 0.953. The fraction of sp³-hybridized carbons (Fsp3) is 0.250. The Morgan fingerprint density at radius 3 is 2.54 bits per heavy atom. The number of hydrogen-bond donors (Lipinski definition) is 0. The van der Waals surface area contributed by atoms with Crippen molar-refractivity contribution in [3.63, 3.8) is 0 Å². The van der Waals surface area contributed by atoms with Crippen LogP contribution in [0.3, 0.4) is 0 Å². The minimum atomic E-state index is 0.0208. The fourth-order valence-corrected chi connectivity index (χ4v) is 0.970. The van der Waals surface area contributed by atoms with E-state index in [4.69, 9.17) is 0 Å². The van der Waals surface area contributed by atoms with E-state index in [0.29, 0.717) is 6.54 Å². The van der Waals surface area contributed by atoms with E-state index in [1.54, 1.807) is 0 Å². The van der Waals surface area contributed by atoms with Crippen LogP contribution < -0.4 is 0 Å². The molecule has 0 aromatic heterocycles. The van der Waals surface area contributed by atoms with Crippen LogP contribution in [0, 0.1) is 10.4 Å². The van der Waals surface area contributed by atoms with Gasteiger partial charge in [-0.25, -0.2) is 0 Å². The van der Waals surface area contributed by atoms with Crippen molar-refractivity contribution < 1.29 is 4.97 Å². The van der Waals surface area contributed by atoms with Gasteiger partial charge in [0.1, 0.15) is 6.54 Å². The van der Waals surface area contributed by atoms with Crippen LogP contribution in [0.15, 0.2) is 35.6 Å². The van der Waals surface area contributed by atoms with Gasteiger partial charge in [-0.05, 0) is 10.8 Å². The highest BCUT2D eigenvalue weighted by Gasteiger charge is 2.03. The molecule has 0 atom stereocenters. The maximum Gasteiger partial charge on any atom is 0.101 e. The molecule has 5 nitrogen and oxygen atoms in total. The third-order valence-electron chi connectivity index (χ3n) is 1.62. The molecule has 0 N–H and O–H groups in total. The Hall–Kier alpha value is -1.78. The highest BCUT2D eigenvalue weighted by Crippen LogP contribution is 2.02. The third kappa shape index (κ3) is 2.62. The van der Waals surface area contributed by atoms with E-state index in [0.717, 1.165) is 5.56 Å². The second kappa shape index (κ2) is 4.30. The minimum absolute atomic E-state index is 0.0208. The first-order valence-corrected chi connectivity index (χ1v) is 3.79. The highest BCUT2D eigenvalue weighted by atomic mass is 16.6. The molecule has 0 aliphatic heterocycles. The van der Waals surface area contributed by atoms with Gasteiger partial charge in [0.2, 0.25) is 0 Å². The molecular formula is C8H10N3O2-. The van der Waals surface area contributed by atoms with Crippen LogP contribution in [-0.4, -0.2) is 17.0 Å². The molecule has 0 bridgehead atoms. The Balaban J connectivity index is 2.60. The standard InChI is InChI=1S/C8H11N3O2/c1-10(11(13)9-12)7-8-5-3-2-4-6-8/h2-6,12H,7H2,1H3/p-1/b11-9-. The summed E-state index contributed by atoms with van der Waals surface area (Å²) in [4.78, 5) is 0.0208. The molecule has 0 spiro atoms. The van der Waals surface area contributed by atoms with Crippen molar-refractivity contribution in [2.75, 3.05) is 7.05 Å². The normalized spacial score (nSPS) is 11.3. The Morgan fingerprint density at radius 1 is 1.38 bits per heavy atom. The van der Waals surface area contributed by atoms with Crippen LogP contribution in [0.25, 0.3) is 0 Å². The summed E-state index contributed by atoms with van der Waals surface area (Å²) in [6, 6.07) is 9.36. The molecule has 5 heteroatoms. The molecule has 70 valence electrons. The van der Waals surface area contributed by atoms with Crippen molar-refractivity contribution in [2.45, 2.75) is 6.54 Å². The lowest BCUT2D eigenvalue weighted by molar-refractivity contribution is -0.688. The molecule has 0 fully saturated rings. The van der Waals surface area contributed by atoms with Crippen molar-refractivity contribution in [3.8, 4) is 0 Å². The monoisotopic (exact) mass is 180 g/mol. The van der Waals surface area contributed by atoms with E-state index >= 15 is 0 Å². The Morgan fingerprint density at radius 2 is 2.00 bits per heavy atom. The molecule has 0 amide bonds. The lowest BCUT2D eigenvalue weighted by Gasteiger charge is -2.14. The van der Waals surface area contributed by atoms with Crippen molar-refractivity contribution in [1.82, 2.24) is 5.01 Å². The topological polar surface area (TPSA) is 64.7 Å². The van der Waals surface area contributed by atoms with Gasteiger partial charge >= 0.3 is 0 Å². The average Bonchev–Trinajstić information content (AvgIpc) is 2.18. The maximum atomic E-state index is 10.7. The minimum Gasteiger partial charge on any atom is -0.737 e. The van der Waals surface area contributed by atoms with Crippen molar-refractivity contribution in [3.05, 3.63) is 46.3 Å². The molecule has 0 saturated heterocycles. The van der Waals surface area contributed by atoms with Crippen LogP contribution in [0.4, 0.5) is 0 Å². The number of hydrazine groups is 1. The first-order chi connectivity index (χ1) is 6.24. The Bertz CT molecular complexity index is 287. The average molecular weight is 180 g/mol. The van der Waals surface area contributed by atoms with Gasteiger partial charge in [-0.15, -0.1) is 5.01 Å². The van der Waals surface area contributed by atoms with Crippen LogP contribution in [0.2, 0.25) is 0 Å². The van der Waals surface area contributed by atoms with Crippen LogP contribution >= 0.6 is 0 Å². The van der Waals surface area contributed by atoms with E-state index in [1.807, 2.05) is 30.3 Å². The van der Waals surface area contributed by atoms with Crippen LogP contribution in [0.5, 0.6) is 0 Å². The largest absolute Gasteiger partial charge is 0.737 e. The van der Waals surface area contributed by atoms with Gasteiger partial charge in [0.05, 0.1) is 7.05 Å². The van der Waals surface area contributed by atoms with Crippen molar-refractivity contribution in [1.29, 1.82) is 0 Å². The smallest absolute Gasteiger partial charge is 0.101 e. The predicted molar refractivity (Wildman–Crippen MR) is 47.3 cm³/mol. The van der Waals surface area contributed by atoms with Gasteiger partial charge in [0, 0.05) is 4.97 Å². The number of hydrogen-bond acceptors (Lipinski definition) is 3. The van der Waals surface area contributed by atoms with Crippen molar-refractivity contribution in [2.24, 2.45) is 5.28 Å². The summed E-state index contributed by atoms with van der Waals surface area (Å²) < 4.78 is 0. The lowest BCUT2D eigenvalue weighted by Crippen LogP contribution is -2.25. The first kappa shape index (κ1) is 9.31. The van der Waals surface area contributed by atoms with Gasteiger partial charge in [-0.1, -0.05) is 30.3 Å². The maximum absolute atomic E-state index is 10.7. The molecular weight excluding hydrogens is 170 g/mol. The molecule has 1 aromatic rings. The van der Waals surface area contributed by atoms with Gasteiger partial charge in [0.25, 0.3) is 0 Å². The summed E-state index contributed by atoms with van der Waals surface area (Å²) in [6.45, 7) is 0.371. The van der Waals surface area contributed by atoms with Crippen molar-refractivity contribution >= 4 is 0 Å². The molecule has 1 aromatic carbocycles. The summed E-state index contributed by atoms with van der Waals surface area (Å²) >= 11 is 0. The second-order valence-corrected chi connectivity index (χ2v) is 2.64. The Kier molecular flexibility index (Phi) is 3.08. The zero-order valence-electron chi connectivity index (χ0n) is 7.25. The molecule has 0 saturated carbocycles. The number of rotatable bonds is 3. The predicted octanol–water partition coefficient (Wildman–Crippen LogP) is 1.49. The zero-order valence-corrected chi connectivity index (χ0v) is 7.25. The Labute approximate surface area is 76.0 Å². The molecule has 0 unspecified atom stereocenters. The van der Waals surface area contributed by atoms with Gasteiger partial charge in [-0.3, -0.25) is 0 Å². The van der Waals surface area contributed by atoms with Gasteiger partial charge < -0.3 is 10.4 Å². The lowest BCUT2D eigenvalue weighted by atomic mass is 10.2.